The van der Waals surface area contributed by atoms with Crippen molar-refractivity contribution < 1.29 is 14.3 Å². The molecule has 0 saturated carbocycles. The number of carbonyl (C=O) groups excluding carboxylic acids is 2. The van der Waals surface area contributed by atoms with Crippen LogP contribution >= 0.6 is 0 Å². The number of esters is 1. The van der Waals surface area contributed by atoms with Crippen LogP contribution in [0.2, 0.25) is 0 Å². The first kappa shape index (κ1) is 22.2. The maximum atomic E-state index is 12.7. The third kappa shape index (κ3) is 5.57. The van der Waals surface area contributed by atoms with Crippen molar-refractivity contribution in [2.75, 3.05) is 6.61 Å². The third-order valence-electron chi connectivity index (χ3n) is 4.96. The number of carbonyl (C=O) groups is 2. The van der Waals surface area contributed by atoms with Crippen LogP contribution in [0.25, 0.3) is 10.8 Å². The van der Waals surface area contributed by atoms with E-state index in [9.17, 15) is 14.4 Å². The van der Waals surface area contributed by atoms with Crippen molar-refractivity contribution in [3.8, 4) is 0 Å². The number of benzene rings is 2. The van der Waals surface area contributed by atoms with Crippen molar-refractivity contribution >= 4 is 22.6 Å². The number of hydrogen-bond donors (Lipinski definition) is 1. The third-order valence-corrected chi connectivity index (χ3v) is 4.96. The Labute approximate surface area is 181 Å². The van der Waals surface area contributed by atoms with Crippen LogP contribution in [0, 0.1) is 0 Å². The van der Waals surface area contributed by atoms with Gasteiger partial charge in [-0.2, -0.15) is 5.10 Å². The van der Waals surface area contributed by atoms with Crippen molar-refractivity contribution in [1.82, 2.24) is 15.1 Å². The standard InChI is InChI=1S/C24H27N3O4/c1-16(2)27-23(29)20-12-8-7-11-19(20)22(26-27)24(30)31-15-21(28)25-17(3)13-14-18-9-5-4-6-10-18/h4-12,16-17H,13-15H2,1-3H3,(H,25,28)/t17-/m1/s1. The number of amides is 1. The molecule has 0 aliphatic rings. The van der Waals surface area contributed by atoms with Gasteiger partial charge in [-0.1, -0.05) is 48.5 Å². The molecule has 7 nitrogen and oxygen atoms in total. The Hall–Kier alpha value is -3.48. The van der Waals surface area contributed by atoms with E-state index in [-0.39, 0.29) is 29.2 Å². The molecule has 1 heterocycles. The van der Waals surface area contributed by atoms with E-state index in [1.54, 1.807) is 24.3 Å². The Morgan fingerprint density at radius 2 is 1.65 bits per heavy atom. The Kier molecular flexibility index (Phi) is 7.18. The zero-order chi connectivity index (χ0) is 22.4. The predicted octanol–water partition coefficient (Wildman–Crippen LogP) is 3.27. The van der Waals surface area contributed by atoms with Crippen LogP contribution in [0.1, 0.15) is 49.3 Å². The fourth-order valence-corrected chi connectivity index (χ4v) is 3.32. The summed E-state index contributed by atoms with van der Waals surface area (Å²) in [5.41, 5.74) is 0.953. The summed E-state index contributed by atoms with van der Waals surface area (Å²) in [4.78, 5) is 37.5. The lowest BCUT2D eigenvalue weighted by Gasteiger charge is -2.15. The minimum atomic E-state index is -0.738. The normalized spacial score (nSPS) is 12.0. The molecule has 0 aliphatic heterocycles. The van der Waals surface area contributed by atoms with Crippen LogP contribution < -0.4 is 10.9 Å². The van der Waals surface area contributed by atoms with Crippen LogP contribution in [0.3, 0.4) is 0 Å². The van der Waals surface area contributed by atoms with Gasteiger partial charge in [0.05, 0.1) is 11.4 Å². The maximum Gasteiger partial charge on any atom is 0.359 e. The highest BCUT2D eigenvalue weighted by Crippen LogP contribution is 2.15. The summed E-state index contributed by atoms with van der Waals surface area (Å²) in [6.07, 6.45) is 1.62. The van der Waals surface area contributed by atoms with Crippen molar-refractivity contribution in [3.05, 3.63) is 76.2 Å². The van der Waals surface area contributed by atoms with Gasteiger partial charge >= 0.3 is 5.97 Å². The zero-order valence-corrected chi connectivity index (χ0v) is 18.0. The monoisotopic (exact) mass is 421 g/mol. The van der Waals surface area contributed by atoms with E-state index in [1.807, 2.05) is 51.1 Å². The van der Waals surface area contributed by atoms with Crippen molar-refractivity contribution in [1.29, 1.82) is 0 Å². The molecule has 7 heteroatoms. The van der Waals surface area contributed by atoms with E-state index in [1.165, 1.54) is 10.2 Å². The Bertz CT molecular complexity index is 1120. The fraction of sp³-hybridized carbons (Fsp3) is 0.333. The summed E-state index contributed by atoms with van der Waals surface area (Å²) in [5.74, 6) is -1.12. The smallest absolute Gasteiger partial charge is 0.359 e. The van der Waals surface area contributed by atoms with Crippen LogP contribution in [0.15, 0.2) is 59.4 Å². The number of aryl methyl sites for hydroxylation is 1. The number of ether oxygens (including phenoxy) is 1. The SMILES string of the molecule is CC(C)n1nc(C(=O)OCC(=O)N[C@H](C)CCc2ccccc2)c2ccccc2c1=O. The van der Waals surface area contributed by atoms with Crippen LogP contribution in [0.4, 0.5) is 0 Å². The molecule has 0 radical (unpaired) electrons. The number of nitrogens with zero attached hydrogens (tertiary/aromatic N) is 2. The largest absolute Gasteiger partial charge is 0.451 e. The van der Waals surface area contributed by atoms with E-state index in [0.717, 1.165) is 12.8 Å². The molecule has 1 N–H and O–H groups in total. The summed E-state index contributed by atoms with van der Waals surface area (Å²) < 4.78 is 6.46. The molecule has 0 aliphatic carbocycles. The van der Waals surface area contributed by atoms with E-state index in [0.29, 0.717) is 10.8 Å². The van der Waals surface area contributed by atoms with Crippen molar-refractivity contribution in [2.45, 2.75) is 45.7 Å². The van der Waals surface area contributed by atoms with Gasteiger partial charge in [0.15, 0.2) is 12.3 Å². The minimum absolute atomic E-state index is 0.0221. The molecule has 0 spiro atoms. The molecule has 162 valence electrons. The Morgan fingerprint density at radius 3 is 2.32 bits per heavy atom. The first-order valence-corrected chi connectivity index (χ1v) is 10.4. The lowest BCUT2D eigenvalue weighted by atomic mass is 10.1. The molecule has 1 amide bonds. The second kappa shape index (κ2) is 10.0. The molecule has 3 rings (SSSR count). The maximum absolute atomic E-state index is 12.7. The lowest BCUT2D eigenvalue weighted by Crippen LogP contribution is -2.36. The zero-order valence-electron chi connectivity index (χ0n) is 18.0. The van der Waals surface area contributed by atoms with E-state index in [4.69, 9.17) is 4.74 Å². The molecular weight excluding hydrogens is 394 g/mol. The van der Waals surface area contributed by atoms with Gasteiger partial charge in [0.1, 0.15) is 0 Å². The number of hydrogen-bond acceptors (Lipinski definition) is 5. The Morgan fingerprint density at radius 1 is 1.00 bits per heavy atom. The van der Waals surface area contributed by atoms with Crippen LogP contribution in [-0.2, 0) is 16.0 Å². The summed E-state index contributed by atoms with van der Waals surface area (Å²) in [5, 5.41) is 7.84. The van der Waals surface area contributed by atoms with Gasteiger partial charge in [-0.05, 0) is 45.2 Å². The number of fused-ring (bicyclic) bond motifs is 1. The first-order chi connectivity index (χ1) is 14.9. The van der Waals surface area contributed by atoms with E-state index < -0.39 is 12.6 Å². The molecule has 2 aromatic carbocycles. The molecule has 31 heavy (non-hydrogen) atoms. The van der Waals surface area contributed by atoms with Gasteiger partial charge in [-0.3, -0.25) is 9.59 Å². The topological polar surface area (TPSA) is 90.3 Å². The highest BCUT2D eigenvalue weighted by Gasteiger charge is 2.20. The summed E-state index contributed by atoms with van der Waals surface area (Å²) >= 11 is 0. The van der Waals surface area contributed by atoms with Gasteiger partial charge in [0, 0.05) is 11.4 Å². The highest BCUT2D eigenvalue weighted by molar-refractivity contribution is 6.02. The molecule has 0 unspecified atom stereocenters. The highest BCUT2D eigenvalue weighted by atomic mass is 16.5. The molecule has 0 fully saturated rings. The minimum Gasteiger partial charge on any atom is -0.451 e. The molecule has 1 atom stereocenters. The van der Waals surface area contributed by atoms with Crippen molar-refractivity contribution in [3.63, 3.8) is 0 Å². The van der Waals surface area contributed by atoms with E-state index >= 15 is 0 Å². The van der Waals surface area contributed by atoms with Gasteiger partial charge in [0.25, 0.3) is 11.5 Å². The fourth-order valence-electron chi connectivity index (χ4n) is 3.32. The van der Waals surface area contributed by atoms with E-state index in [2.05, 4.69) is 10.4 Å². The summed E-state index contributed by atoms with van der Waals surface area (Å²) in [6.45, 7) is 5.12. The molecule has 0 saturated heterocycles. The van der Waals surface area contributed by atoms with Gasteiger partial charge in [-0.25, -0.2) is 9.48 Å². The molecule has 1 aromatic heterocycles. The van der Waals surface area contributed by atoms with Gasteiger partial charge in [0.2, 0.25) is 0 Å². The molecule has 0 bridgehead atoms. The predicted molar refractivity (Wildman–Crippen MR) is 119 cm³/mol. The summed E-state index contributed by atoms with van der Waals surface area (Å²) in [7, 11) is 0. The number of rotatable bonds is 8. The molecular formula is C24H27N3O4. The van der Waals surface area contributed by atoms with Gasteiger partial charge < -0.3 is 10.1 Å². The second-order valence-corrected chi connectivity index (χ2v) is 7.81. The first-order valence-electron chi connectivity index (χ1n) is 10.4. The average molecular weight is 421 g/mol. The molecule has 3 aromatic rings. The second-order valence-electron chi connectivity index (χ2n) is 7.81. The van der Waals surface area contributed by atoms with Crippen LogP contribution in [-0.4, -0.2) is 34.3 Å². The summed E-state index contributed by atoms with van der Waals surface area (Å²) in [6, 6.07) is 16.5. The number of nitrogens with one attached hydrogen (secondary N) is 1. The van der Waals surface area contributed by atoms with Crippen LogP contribution in [0.5, 0.6) is 0 Å². The number of aromatic nitrogens is 2. The Balaban J connectivity index is 1.62. The average Bonchev–Trinajstić information content (AvgIpc) is 2.77. The lowest BCUT2D eigenvalue weighted by molar-refractivity contribution is -0.124. The van der Waals surface area contributed by atoms with Crippen molar-refractivity contribution in [2.24, 2.45) is 0 Å². The van der Waals surface area contributed by atoms with Gasteiger partial charge in [-0.15, -0.1) is 0 Å². The quantitative estimate of drug-likeness (QED) is 0.564.